The van der Waals surface area contributed by atoms with Crippen molar-refractivity contribution < 1.29 is 4.79 Å². The van der Waals surface area contributed by atoms with Crippen LogP contribution < -0.4 is 0 Å². The Morgan fingerprint density at radius 2 is 1.73 bits per heavy atom. The average Bonchev–Trinajstić information content (AvgIpc) is 2.16. The van der Waals surface area contributed by atoms with Gasteiger partial charge in [0.25, 0.3) is 0 Å². The van der Waals surface area contributed by atoms with Crippen molar-refractivity contribution in [2.75, 3.05) is 20.6 Å². The quantitative estimate of drug-likeness (QED) is 0.704. The fourth-order valence-corrected chi connectivity index (χ4v) is 1.84. The van der Waals surface area contributed by atoms with Gasteiger partial charge in [-0.2, -0.15) is 0 Å². The second-order valence-corrected chi connectivity index (χ2v) is 4.82. The van der Waals surface area contributed by atoms with Gasteiger partial charge in [-0.3, -0.25) is 4.79 Å². The molecule has 1 aromatic carbocycles. The molecule has 1 aromatic rings. The van der Waals surface area contributed by atoms with E-state index in [4.69, 9.17) is 0 Å². The Bertz CT molecular complexity index is 328. The molecule has 0 spiro atoms. The van der Waals surface area contributed by atoms with Gasteiger partial charge < -0.3 is 4.90 Å². The summed E-state index contributed by atoms with van der Waals surface area (Å²) < 4.78 is 0. The van der Waals surface area contributed by atoms with Gasteiger partial charge in [-0.05, 0) is 14.1 Å². The van der Waals surface area contributed by atoms with E-state index in [1.54, 1.807) is 0 Å². The zero-order chi connectivity index (χ0) is 11.5. The normalized spacial score (nSPS) is 11.8. The number of rotatable bonds is 4. The standard InChI is InChI=1S/C13H19NO/c1-13(2,10-14(3)4)12(15)11-8-6-5-7-9-11/h5-9H,10H2,1-4H3. The first-order valence-corrected chi connectivity index (χ1v) is 5.18. The molecule has 1 rings (SSSR count). The Labute approximate surface area is 91.9 Å². The number of ketones is 1. The molecule has 0 aromatic heterocycles. The Kier molecular flexibility index (Phi) is 3.64. The van der Waals surface area contributed by atoms with Crippen LogP contribution in [0.3, 0.4) is 0 Å². The Hall–Kier alpha value is -1.15. The van der Waals surface area contributed by atoms with Crippen LogP contribution in [0.25, 0.3) is 0 Å². The van der Waals surface area contributed by atoms with E-state index in [0.29, 0.717) is 0 Å². The molecular formula is C13H19NO. The molecule has 0 atom stereocenters. The largest absolute Gasteiger partial charge is 0.308 e. The fourth-order valence-electron chi connectivity index (χ4n) is 1.84. The second-order valence-electron chi connectivity index (χ2n) is 4.82. The van der Waals surface area contributed by atoms with Crippen molar-refractivity contribution in [3.8, 4) is 0 Å². The molecule has 0 N–H and O–H groups in total. The monoisotopic (exact) mass is 205 g/mol. The summed E-state index contributed by atoms with van der Waals surface area (Å²) in [5.74, 6) is 0.205. The minimum absolute atomic E-state index is 0.205. The molecule has 0 amide bonds. The Morgan fingerprint density at radius 3 is 2.20 bits per heavy atom. The van der Waals surface area contributed by atoms with Crippen molar-refractivity contribution in [3.05, 3.63) is 35.9 Å². The molecule has 82 valence electrons. The molecule has 2 heteroatoms. The van der Waals surface area contributed by atoms with E-state index < -0.39 is 0 Å². The Morgan fingerprint density at radius 1 is 1.20 bits per heavy atom. The van der Waals surface area contributed by atoms with Gasteiger partial charge in [-0.15, -0.1) is 0 Å². The highest BCUT2D eigenvalue weighted by Gasteiger charge is 2.28. The van der Waals surface area contributed by atoms with Crippen LogP contribution in [0.4, 0.5) is 0 Å². The number of hydrogen-bond acceptors (Lipinski definition) is 2. The highest BCUT2D eigenvalue weighted by atomic mass is 16.1. The first-order chi connectivity index (χ1) is 6.93. The van der Waals surface area contributed by atoms with E-state index in [0.717, 1.165) is 12.1 Å². The van der Waals surface area contributed by atoms with Gasteiger partial charge in [0.05, 0.1) is 0 Å². The smallest absolute Gasteiger partial charge is 0.169 e. The summed E-state index contributed by atoms with van der Waals surface area (Å²) in [4.78, 5) is 14.2. The van der Waals surface area contributed by atoms with Crippen LogP contribution in [0, 0.1) is 5.41 Å². The fraction of sp³-hybridized carbons (Fsp3) is 0.462. The number of Topliss-reactive ketones (excluding diaryl/α,β-unsaturated/α-hetero) is 1. The van der Waals surface area contributed by atoms with Gasteiger partial charge in [-0.25, -0.2) is 0 Å². The maximum atomic E-state index is 12.2. The van der Waals surface area contributed by atoms with Crippen molar-refractivity contribution in [1.29, 1.82) is 0 Å². The highest BCUT2D eigenvalue weighted by Crippen LogP contribution is 2.22. The van der Waals surface area contributed by atoms with Crippen molar-refractivity contribution in [3.63, 3.8) is 0 Å². The van der Waals surface area contributed by atoms with E-state index in [1.165, 1.54) is 0 Å². The molecule has 0 fully saturated rings. The van der Waals surface area contributed by atoms with Gasteiger partial charge in [0, 0.05) is 17.5 Å². The maximum Gasteiger partial charge on any atom is 0.169 e. The number of nitrogens with zero attached hydrogens (tertiary/aromatic N) is 1. The van der Waals surface area contributed by atoms with E-state index in [-0.39, 0.29) is 11.2 Å². The zero-order valence-corrected chi connectivity index (χ0v) is 9.95. The van der Waals surface area contributed by atoms with Crippen LogP contribution in [0.15, 0.2) is 30.3 Å². The second kappa shape index (κ2) is 4.58. The van der Waals surface area contributed by atoms with Gasteiger partial charge in [0.2, 0.25) is 0 Å². The summed E-state index contributed by atoms with van der Waals surface area (Å²) >= 11 is 0. The average molecular weight is 205 g/mol. The molecule has 0 heterocycles. The molecule has 15 heavy (non-hydrogen) atoms. The summed E-state index contributed by atoms with van der Waals surface area (Å²) in [7, 11) is 3.97. The third-order valence-corrected chi connectivity index (χ3v) is 2.36. The van der Waals surface area contributed by atoms with E-state index in [2.05, 4.69) is 0 Å². The lowest BCUT2D eigenvalue weighted by Crippen LogP contribution is -2.35. The number of carbonyl (C=O) groups excluding carboxylic acids is 1. The highest BCUT2D eigenvalue weighted by molar-refractivity contribution is 6.00. The van der Waals surface area contributed by atoms with Crippen molar-refractivity contribution >= 4 is 5.78 Å². The lowest BCUT2D eigenvalue weighted by Gasteiger charge is -2.26. The van der Waals surface area contributed by atoms with Crippen LogP contribution in [-0.4, -0.2) is 31.3 Å². The van der Waals surface area contributed by atoms with E-state index in [9.17, 15) is 4.79 Å². The number of hydrogen-bond donors (Lipinski definition) is 0. The molecule has 0 radical (unpaired) electrons. The molecule has 0 aliphatic rings. The SMILES string of the molecule is CN(C)CC(C)(C)C(=O)c1ccccc1. The lowest BCUT2D eigenvalue weighted by molar-refractivity contribution is 0.0797. The van der Waals surface area contributed by atoms with Crippen LogP contribution in [0.5, 0.6) is 0 Å². The minimum Gasteiger partial charge on any atom is -0.308 e. The predicted octanol–water partition coefficient (Wildman–Crippen LogP) is 2.46. The topological polar surface area (TPSA) is 20.3 Å². The van der Waals surface area contributed by atoms with E-state index in [1.807, 2.05) is 63.2 Å². The summed E-state index contributed by atoms with van der Waals surface area (Å²) in [6.45, 7) is 4.74. The third kappa shape index (κ3) is 3.17. The van der Waals surface area contributed by atoms with Crippen LogP contribution in [-0.2, 0) is 0 Å². The molecule has 0 unspecified atom stereocenters. The third-order valence-electron chi connectivity index (χ3n) is 2.36. The summed E-state index contributed by atoms with van der Waals surface area (Å²) in [6, 6.07) is 9.48. The Balaban J connectivity index is 2.85. The summed E-state index contributed by atoms with van der Waals surface area (Å²) in [5, 5.41) is 0. The molecule has 0 bridgehead atoms. The molecule has 0 saturated heterocycles. The van der Waals surface area contributed by atoms with E-state index >= 15 is 0 Å². The molecule has 2 nitrogen and oxygen atoms in total. The summed E-state index contributed by atoms with van der Waals surface area (Å²) in [6.07, 6.45) is 0. The number of carbonyl (C=O) groups is 1. The lowest BCUT2D eigenvalue weighted by atomic mass is 9.84. The van der Waals surface area contributed by atoms with Crippen LogP contribution >= 0.6 is 0 Å². The van der Waals surface area contributed by atoms with Crippen molar-refractivity contribution in [1.82, 2.24) is 4.90 Å². The zero-order valence-electron chi connectivity index (χ0n) is 9.95. The van der Waals surface area contributed by atoms with Gasteiger partial charge in [-0.1, -0.05) is 44.2 Å². The van der Waals surface area contributed by atoms with Crippen molar-refractivity contribution in [2.45, 2.75) is 13.8 Å². The van der Waals surface area contributed by atoms with Crippen molar-refractivity contribution in [2.24, 2.45) is 5.41 Å². The van der Waals surface area contributed by atoms with Crippen LogP contribution in [0.2, 0.25) is 0 Å². The summed E-state index contributed by atoms with van der Waals surface area (Å²) in [5.41, 5.74) is 0.467. The van der Waals surface area contributed by atoms with Crippen LogP contribution in [0.1, 0.15) is 24.2 Å². The van der Waals surface area contributed by atoms with Gasteiger partial charge in [0.15, 0.2) is 5.78 Å². The van der Waals surface area contributed by atoms with Gasteiger partial charge >= 0.3 is 0 Å². The maximum absolute atomic E-state index is 12.2. The molecular weight excluding hydrogens is 186 g/mol. The van der Waals surface area contributed by atoms with Gasteiger partial charge in [0.1, 0.15) is 0 Å². The molecule has 0 aliphatic carbocycles. The minimum atomic E-state index is -0.329. The first kappa shape index (κ1) is 11.9. The first-order valence-electron chi connectivity index (χ1n) is 5.18. The number of benzene rings is 1. The molecule has 0 saturated carbocycles. The molecule has 0 aliphatic heterocycles. The predicted molar refractivity (Wildman–Crippen MR) is 63.1 cm³/mol.